The maximum Gasteiger partial charge on any atom is 0.113 e. The average molecular weight is 415 g/mol. The van der Waals surface area contributed by atoms with Gasteiger partial charge in [-0.25, -0.2) is 4.98 Å². The third-order valence-electron chi connectivity index (χ3n) is 5.80. The molecule has 0 aliphatic carbocycles. The number of rotatable bonds is 5. The van der Waals surface area contributed by atoms with Gasteiger partial charge in [0.1, 0.15) is 5.69 Å². The van der Waals surface area contributed by atoms with Crippen LogP contribution in [0.4, 0.5) is 0 Å². The van der Waals surface area contributed by atoms with E-state index in [0.29, 0.717) is 6.04 Å². The Morgan fingerprint density at radius 2 is 1.70 bits per heavy atom. The smallest absolute Gasteiger partial charge is 0.113 e. The van der Waals surface area contributed by atoms with E-state index in [9.17, 15) is 0 Å². The highest BCUT2D eigenvalue weighted by atomic mass is 35.5. The summed E-state index contributed by atoms with van der Waals surface area (Å²) in [6, 6.07) is 21.6. The topological polar surface area (TPSA) is 16.1 Å². The molecule has 0 amide bonds. The van der Waals surface area contributed by atoms with Crippen LogP contribution in [0.5, 0.6) is 0 Å². The van der Waals surface area contributed by atoms with Gasteiger partial charge in [0.2, 0.25) is 0 Å². The van der Waals surface area contributed by atoms with Gasteiger partial charge in [0.25, 0.3) is 0 Å². The van der Waals surface area contributed by atoms with Gasteiger partial charge in [-0.2, -0.15) is 0 Å². The van der Waals surface area contributed by atoms with Gasteiger partial charge in [0.05, 0.1) is 0 Å². The van der Waals surface area contributed by atoms with Gasteiger partial charge in [-0.05, 0) is 73.5 Å². The van der Waals surface area contributed by atoms with Crippen LogP contribution in [0.1, 0.15) is 43.0 Å². The lowest BCUT2D eigenvalue weighted by molar-refractivity contribution is 0.260. The summed E-state index contributed by atoms with van der Waals surface area (Å²) in [6.07, 6.45) is 6.33. The predicted octanol–water partition coefficient (Wildman–Crippen LogP) is 6.37. The summed E-state index contributed by atoms with van der Waals surface area (Å²) in [6.45, 7) is 4.63. The number of aromatic nitrogens is 1. The van der Waals surface area contributed by atoms with E-state index < -0.39 is 0 Å². The lowest BCUT2D eigenvalue weighted by Crippen LogP contribution is -2.26. The van der Waals surface area contributed by atoms with Crippen molar-refractivity contribution in [2.75, 3.05) is 6.54 Å². The number of aryl methyl sites for hydroxylation is 1. The van der Waals surface area contributed by atoms with E-state index in [1.165, 1.54) is 30.5 Å². The molecule has 0 radical (unpaired) electrons. The van der Waals surface area contributed by atoms with Crippen molar-refractivity contribution in [1.82, 2.24) is 9.88 Å². The molecule has 0 bridgehead atoms. The van der Waals surface area contributed by atoms with Crippen LogP contribution in [0.2, 0.25) is 5.02 Å². The van der Waals surface area contributed by atoms with Crippen molar-refractivity contribution >= 4 is 11.6 Å². The molecule has 1 atom stereocenters. The van der Waals surface area contributed by atoms with E-state index in [4.69, 9.17) is 11.6 Å². The third kappa shape index (κ3) is 5.51. The van der Waals surface area contributed by atoms with Gasteiger partial charge in [0, 0.05) is 35.8 Å². The van der Waals surface area contributed by atoms with Crippen molar-refractivity contribution in [3.63, 3.8) is 0 Å². The SMILES string of the molecule is CC1CCCN1Cc1ccc(CCC#Cc2ccc(-c3ccc(Cl)cc3)cn2)cc1. The minimum absolute atomic E-state index is 0.716. The maximum atomic E-state index is 5.95. The van der Waals surface area contributed by atoms with Crippen LogP contribution in [0.15, 0.2) is 66.9 Å². The molecular formula is C27H27ClN2. The summed E-state index contributed by atoms with van der Waals surface area (Å²) in [5.41, 5.74) is 5.73. The number of hydrogen-bond donors (Lipinski definition) is 0. The van der Waals surface area contributed by atoms with E-state index in [1.54, 1.807) is 0 Å². The molecule has 1 aromatic heterocycles. The fourth-order valence-electron chi connectivity index (χ4n) is 3.91. The summed E-state index contributed by atoms with van der Waals surface area (Å²) in [4.78, 5) is 7.05. The van der Waals surface area contributed by atoms with E-state index >= 15 is 0 Å². The Labute approximate surface area is 184 Å². The summed E-state index contributed by atoms with van der Waals surface area (Å²) >= 11 is 5.95. The molecule has 152 valence electrons. The minimum Gasteiger partial charge on any atom is -0.296 e. The second kappa shape index (κ2) is 9.94. The first kappa shape index (κ1) is 20.7. The molecule has 1 saturated heterocycles. The Bertz CT molecular complexity index is 1010. The summed E-state index contributed by atoms with van der Waals surface area (Å²) < 4.78 is 0. The first-order valence-electron chi connectivity index (χ1n) is 10.7. The third-order valence-corrected chi connectivity index (χ3v) is 6.05. The molecular weight excluding hydrogens is 388 g/mol. The molecule has 2 heterocycles. The van der Waals surface area contributed by atoms with Crippen molar-refractivity contribution in [2.24, 2.45) is 0 Å². The molecule has 1 aliphatic rings. The first-order valence-corrected chi connectivity index (χ1v) is 11.1. The van der Waals surface area contributed by atoms with Crippen molar-refractivity contribution in [3.8, 4) is 23.0 Å². The van der Waals surface area contributed by atoms with Gasteiger partial charge >= 0.3 is 0 Å². The number of nitrogens with zero attached hydrogens (tertiary/aromatic N) is 2. The van der Waals surface area contributed by atoms with E-state index in [-0.39, 0.29) is 0 Å². The molecule has 2 nitrogen and oxygen atoms in total. The lowest BCUT2D eigenvalue weighted by Gasteiger charge is -2.20. The van der Waals surface area contributed by atoms with Crippen LogP contribution >= 0.6 is 11.6 Å². The molecule has 3 heteroatoms. The molecule has 3 aromatic rings. The number of pyridine rings is 1. The van der Waals surface area contributed by atoms with Crippen LogP contribution in [-0.2, 0) is 13.0 Å². The largest absolute Gasteiger partial charge is 0.296 e. The molecule has 2 aromatic carbocycles. The zero-order chi connectivity index (χ0) is 20.8. The highest BCUT2D eigenvalue weighted by Crippen LogP contribution is 2.21. The van der Waals surface area contributed by atoms with Gasteiger partial charge in [-0.1, -0.05) is 60.0 Å². The van der Waals surface area contributed by atoms with Gasteiger partial charge in [-0.3, -0.25) is 4.90 Å². The molecule has 1 unspecified atom stereocenters. The van der Waals surface area contributed by atoms with E-state index in [0.717, 1.165) is 41.2 Å². The normalized spacial score (nSPS) is 16.3. The van der Waals surface area contributed by atoms with Crippen molar-refractivity contribution in [3.05, 3.63) is 88.7 Å². The van der Waals surface area contributed by atoms with Crippen molar-refractivity contribution < 1.29 is 0 Å². The van der Waals surface area contributed by atoms with Crippen LogP contribution in [0, 0.1) is 11.8 Å². The molecule has 30 heavy (non-hydrogen) atoms. The van der Waals surface area contributed by atoms with Crippen LogP contribution in [0.3, 0.4) is 0 Å². The van der Waals surface area contributed by atoms with Gasteiger partial charge < -0.3 is 0 Å². The van der Waals surface area contributed by atoms with Crippen molar-refractivity contribution in [1.29, 1.82) is 0 Å². The number of likely N-dealkylation sites (tertiary alicyclic amines) is 1. The monoisotopic (exact) mass is 414 g/mol. The molecule has 0 saturated carbocycles. The van der Waals surface area contributed by atoms with Gasteiger partial charge in [-0.15, -0.1) is 0 Å². The van der Waals surface area contributed by atoms with E-state index in [1.807, 2.05) is 36.5 Å². The first-order chi connectivity index (χ1) is 14.7. The Kier molecular flexibility index (Phi) is 6.84. The maximum absolute atomic E-state index is 5.95. The minimum atomic E-state index is 0.716. The summed E-state index contributed by atoms with van der Waals surface area (Å²) in [5.74, 6) is 6.44. The number of hydrogen-bond acceptors (Lipinski definition) is 2. The van der Waals surface area contributed by atoms with Gasteiger partial charge in [0.15, 0.2) is 0 Å². The predicted molar refractivity (Wildman–Crippen MR) is 125 cm³/mol. The highest BCUT2D eigenvalue weighted by Gasteiger charge is 2.19. The molecule has 1 fully saturated rings. The fraction of sp³-hybridized carbons (Fsp3) is 0.296. The highest BCUT2D eigenvalue weighted by molar-refractivity contribution is 6.30. The Hall–Kier alpha value is -2.60. The Morgan fingerprint density at radius 3 is 2.37 bits per heavy atom. The zero-order valence-corrected chi connectivity index (χ0v) is 18.2. The number of halogens is 1. The summed E-state index contributed by atoms with van der Waals surface area (Å²) in [5, 5.41) is 0.741. The second-order valence-electron chi connectivity index (χ2n) is 8.02. The van der Waals surface area contributed by atoms with Crippen molar-refractivity contribution in [2.45, 2.75) is 45.2 Å². The average Bonchev–Trinajstić information content (AvgIpc) is 3.18. The standard InChI is InChI=1S/C27H27ClN2/c1-21-5-4-18-30(21)20-23-10-8-22(9-11-23)6-2-3-7-27-17-14-25(19-29-27)24-12-15-26(28)16-13-24/h8-17,19,21H,2,4-6,18,20H2,1H3. The second-order valence-corrected chi connectivity index (χ2v) is 8.46. The Morgan fingerprint density at radius 1 is 0.967 bits per heavy atom. The van der Waals surface area contributed by atoms with Crippen LogP contribution in [0.25, 0.3) is 11.1 Å². The molecule has 0 N–H and O–H groups in total. The molecule has 4 rings (SSSR count). The zero-order valence-electron chi connectivity index (χ0n) is 17.4. The Balaban J connectivity index is 1.28. The lowest BCUT2D eigenvalue weighted by atomic mass is 10.1. The molecule has 0 spiro atoms. The summed E-state index contributed by atoms with van der Waals surface area (Å²) in [7, 11) is 0. The van der Waals surface area contributed by atoms with Crippen LogP contribution < -0.4 is 0 Å². The number of benzene rings is 2. The van der Waals surface area contributed by atoms with Crippen LogP contribution in [-0.4, -0.2) is 22.5 Å². The van der Waals surface area contributed by atoms with E-state index in [2.05, 4.69) is 59.0 Å². The quantitative estimate of drug-likeness (QED) is 0.451. The molecule has 1 aliphatic heterocycles. The fourth-order valence-corrected chi connectivity index (χ4v) is 4.04.